The van der Waals surface area contributed by atoms with Crippen LogP contribution in [0.2, 0.25) is 0 Å². The second-order valence-electron chi connectivity index (χ2n) is 4.20. The molecule has 2 aromatic rings. The highest BCUT2D eigenvalue weighted by molar-refractivity contribution is 9.10. The lowest BCUT2D eigenvalue weighted by atomic mass is 10.2. The first-order valence-corrected chi connectivity index (χ1v) is 7.38. The number of anilines is 1. The van der Waals surface area contributed by atoms with Gasteiger partial charge in [0.15, 0.2) is 11.5 Å². The molecule has 0 fully saturated rings. The van der Waals surface area contributed by atoms with Crippen molar-refractivity contribution in [1.82, 2.24) is 0 Å². The normalized spacial score (nSPS) is 10.6. The molecule has 110 valence electrons. The third kappa shape index (κ3) is 4.23. The average molecular weight is 349 g/mol. The minimum atomic E-state index is 0.581. The number of methoxy groups -OCH3 is 1. The van der Waals surface area contributed by atoms with Crippen molar-refractivity contribution in [3.8, 4) is 11.5 Å². The van der Waals surface area contributed by atoms with Crippen LogP contribution >= 0.6 is 15.9 Å². The second-order valence-corrected chi connectivity index (χ2v) is 5.06. The van der Waals surface area contributed by atoms with E-state index in [1.54, 1.807) is 13.3 Å². The molecule has 1 N–H and O–H groups in total. The molecule has 0 unspecified atom stereocenters. The molecule has 0 bridgehead atoms. The molecule has 0 heterocycles. The van der Waals surface area contributed by atoms with Crippen LogP contribution in [0.3, 0.4) is 0 Å². The second kappa shape index (κ2) is 7.69. The topological polar surface area (TPSA) is 42.8 Å². The van der Waals surface area contributed by atoms with Crippen molar-refractivity contribution >= 4 is 27.8 Å². The van der Waals surface area contributed by atoms with E-state index in [2.05, 4.69) is 26.5 Å². The number of hydrogen-bond donors (Lipinski definition) is 1. The zero-order valence-corrected chi connectivity index (χ0v) is 13.6. The molecule has 0 aliphatic heterocycles. The maximum atomic E-state index is 5.56. The van der Waals surface area contributed by atoms with Crippen molar-refractivity contribution < 1.29 is 9.47 Å². The van der Waals surface area contributed by atoms with Gasteiger partial charge in [0.05, 0.1) is 30.1 Å². The largest absolute Gasteiger partial charge is 0.493 e. The lowest BCUT2D eigenvalue weighted by molar-refractivity contribution is 0.309. The van der Waals surface area contributed by atoms with Gasteiger partial charge in [-0.25, -0.2) is 0 Å². The standard InChI is InChI=1S/C16H17BrN2O2/c1-3-21-16-14(17)9-12(10-15(16)20-2)11-18-19-13-7-5-4-6-8-13/h4-11,19H,3H2,1-2H3. The van der Waals surface area contributed by atoms with Gasteiger partial charge >= 0.3 is 0 Å². The molecule has 0 radical (unpaired) electrons. The molecule has 4 nitrogen and oxygen atoms in total. The quantitative estimate of drug-likeness (QED) is 0.625. The van der Waals surface area contributed by atoms with Gasteiger partial charge in [0.25, 0.3) is 0 Å². The smallest absolute Gasteiger partial charge is 0.175 e. The van der Waals surface area contributed by atoms with Crippen molar-refractivity contribution in [3.05, 3.63) is 52.5 Å². The summed E-state index contributed by atoms with van der Waals surface area (Å²) < 4.78 is 11.7. The van der Waals surface area contributed by atoms with Gasteiger partial charge in [-0.05, 0) is 52.7 Å². The van der Waals surface area contributed by atoms with Gasteiger partial charge in [0.2, 0.25) is 0 Å². The van der Waals surface area contributed by atoms with Crippen LogP contribution < -0.4 is 14.9 Å². The van der Waals surface area contributed by atoms with E-state index < -0.39 is 0 Å². The van der Waals surface area contributed by atoms with E-state index >= 15 is 0 Å². The first-order chi connectivity index (χ1) is 10.2. The SMILES string of the molecule is CCOc1c(Br)cc(C=NNc2ccccc2)cc1OC. The molecule has 21 heavy (non-hydrogen) atoms. The summed E-state index contributed by atoms with van der Waals surface area (Å²) in [4.78, 5) is 0. The fourth-order valence-electron chi connectivity index (χ4n) is 1.79. The average Bonchev–Trinajstić information content (AvgIpc) is 2.51. The highest BCUT2D eigenvalue weighted by Gasteiger charge is 2.10. The van der Waals surface area contributed by atoms with Gasteiger partial charge in [0, 0.05) is 0 Å². The van der Waals surface area contributed by atoms with E-state index in [1.807, 2.05) is 49.4 Å². The number of hydrogen-bond acceptors (Lipinski definition) is 4. The number of nitrogens with zero attached hydrogens (tertiary/aromatic N) is 1. The summed E-state index contributed by atoms with van der Waals surface area (Å²) in [5.41, 5.74) is 4.82. The number of halogens is 1. The van der Waals surface area contributed by atoms with Crippen LogP contribution in [-0.4, -0.2) is 19.9 Å². The minimum Gasteiger partial charge on any atom is -0.493 e. The molecule has 0 aliphatic carbocycles. The molecular weight excluding hydrogens is 332 g/mol. The lowest BCUT2D eigenvalue weighted by Gasteiger charge is -2.12. The maximum absolute atomic E-state index is 5.56. The Labute approximate surface area is 132 Å². The predicted octanol–water partition coefficient (Wildman–Crippen LogP) is 4.30. The van der Waals surface area contributed by atoms with Gasteiger partial charge in [0.1, 0.15) is 0 Å². The number of rotatable bonds is 6. The molecule has 0 amide bonds. The summed E-state index contributed by atoms with van der Waals surface area (Å²) in [6.45, 7) is 2.52. The number of nitrogens with one attached hydrogen (secondary N) is 1. The summed E-state index contributed by atoms with van der Waals surface area (Å²) >= 11 is 3.49. The Balaban J connectivity index is 2.15. The Morgan fingerprint density at radius 3 is 2.67 bits per heavy atom. The third-order valence-electron chi connectivity index (χ3n) is 2.72. The first-order valence-electron chi connectivity index (χ1n) is 6.59. The molecule has 0 aromatic heterocycles. The first kappa shape index (κ1) is 15.4. The molecule has 0 saturated heterocycles. The lowest BCUT2D eigenvalue weighted by Crippen LogP contribution is -1.98. The Morgan fingerprint density at radius 1 is 1.24 bits per heavy atom. The van der Waals surface area contributed by atoms with E-state index in [4.69, 9.17) is 9.47 Å². The Bertz CT molecular complexity index is 615. The van der Waals surface area contributed by atoms with E-state index in [9.17, 15) is 0 Å². The van der Waals surface area contributed by atoms with Crippen LogP contribution in [0.4, 0.5) is 5.69 Å². The fourth-order valence-corrected chi connectivity index (χ4v) is 2.37. The number of para-hydroxylation sites is 1. The zero-order chi connectivity index (χ0) is 15.1. The Hall–Kier alpha value is -2.01. The monoisotopic (exact) mass is 348 g/mol. The van der Waals surface area contributed by atoms with Crippen LogP contribution in [0, 0.1) is 0 Å². The third-order valence-corrected chi connectivity index (χ3v) is 3.31. The maximum Gasteiger partial charge on any atom is 0.175 e. The number of benzene rings is 2. The van der Waals surface area contributed by atoms with Crippen molar-refractivity contribution in [2.24, 2.45) is 5.10 Å². The van der Waals surface area contributed by atoms with Crippen LogP contribution in [-0.2, 0) is 0 Å². The highest BCUT2D eigenvalue weighted by Crippen LogP contribution is 2.36. The molecular formula is C16H17BrN2O2. The molecule has 0 atom stereocenters. The summed E-state index contributed by atoms with van der Waals surface area (Å²) in [5, 5.41) is 4.21. The number of ether oxygens (including phenoxy) is 2. The van der Waals surface area contributed by atoms with Crippen molar-refractivity contribution in [2.45, 2.75) is 6.92 Å². The summed E-state index contributed by atoms with van der Waals surface area (Å²) in [5.74, 6) is 1.38. The van der Waals surface area contributed by atoms with Gasteiger partial charge in [-0.2, -0.15) is 5.10 Å². The van der Waals surface area contributed by atoms with Crippen molar-refractivity contribution in [3.63, 3.8) is 0 Å². The molecule has 0 spiro atoms. The Morgan fingerprint density at radius 2 is 2.00 bits per heavy atom. The summed E-state index contributed by atoms with van der Waals surface area (Å²) in [7, 11) is 1.62. The van der Waals surface area contributed by atoms with Gasteiger partial charge < -0.3 is 9.47 Å². The minimum absolute atomic E-state index is 0.581. The fraction of sp³-hybridized carbons (Fsp3) is 0.188. The summed E-state index contributed by atoms with van der Waals surface area (Å²) in [6, 6.07) is 13.6. The van der Waals surface area contributed by atoms with Gasteiger partial charge in [-0.15, -0.1) is 0 Å². The molecule has 0 aliphatic rings. The van der Waals surface area contributed by atoms with Crippen LogP contribution in [0.1, 0.15) is 12.5 Å². The van der Waals surface area contributed by atoms with Crippen LogP contribution in [0.25, 0.3) is 0 Å². The van der Waals surface area contributed by atoms with Crippen LogP contribution in [0.5, 0.6) is 11.5 Å². The van der Waals surface area contributed by atoms with E-state index in [1.165, 1.54) is 0 Å². The van der Waals surface area contributed by atoms with Crippen LogP contribution in [0.15, 0.2) is 52.0 Å². The van der Waals surface area contributed by atoms with Crippen molar-refractivity contribution in [1.29, 1.82) is 0 Å². The number of hydrazone groups is 1. The Kier molecular flexibility index (Phi) is 5.63. The molecule has 2 rings (SSSR count). The zero-order valence-electron chi connectivity index (χ0n) is 12.0. The van der Waals surface area contributed by atoms with E-state index in [0.29, 0.717) is 18.1 Å². The van der Waals surface area contributed by atoms with Gasteiger partial charge in [-0.3, -0.25) is 5.43 Å². The van der Waals surface area contributed by atoms with Gasteiger partial charge in [-0.1, -0.05) is 18.2 Å². The molecule has 0 saturated carbocycles. The molecule has 2 aromatic carbocycles. The highest BCUT2D eigenvalue weighted by atomic mass is 79.9. The van der Waals surface area contributed by atoms with E-state index in [-0.39, 0.29) is 0 Å². The summed E-state index contributed by atoms with van der Waals surface area (Å²) in [6.07, 6.45) is 1.73. The van der Waals surface area contributed by atoms with E-state index in [0.717, 1.165) is 15.7 Å². The van der Waals surface area contributed by atoms with Crippen molar-refractivity contribution in [2.75, 3.05) is 19.1 Å². The molecule has 5 heteroatoms. The predicted molar refractivity (Wildman–Crippen MR) is 89.5 cm³/mol.